The lowest BCUT2D eigenvalue weighted by Gasteiger charge is -2.15. The molecule has 9 heteroatoms. The fourth-order valence-corrected chi connectivity index (χ4v) is 3.47. The van der Waals surface area contributed by atoms with Crippen LogP contribution in [0.4, 0.5) is 15.9 Å². The minimum atomic E-state index is -0.526. The van der Waals surface area contributed by atoms with E-state index in [4.69, 9.17) is 9.84 Å². The van der Waals surface area contributed by atoms with Gasteiger partial charge in [0.15, 0.2) is 12.2 Å². The number of hydrogen-bond acceptors (Lipinski definition) is 6. The van der Waals surface area contributed by atoms with Crippen LogP contribution in [0, 0.1) is 5.82 Å². The Bertz CT molecular complexity index is 998. The van der Waals surface area contributed by atoms with Crippen LogP contribution in [-0.2, 0) is 24.9 Å². The molecule has 1 fully saturated rings. The maximum absolute atomic E-state index is 13.1. The molecule has 0 atom stereocenters. The molecular weight excluding hydrogens is 391 g/mol. The van der Waals surface area contributed by atoms with E-state index in [0.717, 1.165) is 35.8 Å². The number of nitrogens with zero attached hydrogens (tertiary/aromatic N) is 3. The van der Waals surface area contributed by atoms with Crippen molar-refractivity contribution in [2.45, 2.75) is 51.3 Å². The molecule has 0 unspecified atom stereocenters. The van der Waals surface area contributed by atoms with Gasteiger partial charge in [-0.3, -0.25) is 13.9 Å². The number of aliphatic imine (C=N–C) groups is 1. The van der Waals surface area contributed by atoms with Crippen LogP contribution in [0.15, 0.2) is 38.8 Å². The molecule has 0 bridgehead atoms. The number of anilines is 1. The molecule has 30 heavy (non-hydrogen) atoms. The highest BCUT2D eigenvalue weighted by Crippen LogP contribution is 2.22. The first-order chi connectivity index (χ1) is 14.5. The van der Waals surface area contributed by atoms with Crippen LogP contribution < -0.4 is 16.6 Å². The summed E-state index contributed by atoms with van der Waals surface area (Å²) < 4.78 is 21.1. The summed E-state index contributed by atoms with van der Waals surface area (Å²) in [5.74, 6) is -0.188. The van der Waals surface area contributed by atoms with E-state index in [1.165, 1.54) is 30.1 Å². The first-order valence-corrected chi connectivity index (χ1v) is 10.1. The van der Waals surface area contributed by atoms with Crippen molar-refractivity contribution in [2.24, 2.45) is 12.0 Å². The third kappa shape index (κ3) is 5.15. The zero-order chi connectivity index (χ0) is 21.5. The molecule has 0 amide bonds. The molecule has 1 aromatic heterocycles. The molecule has 2 aromatic rings. The minimum Gasteiger partial charge on any atom is -0.480 e. The number of hydrogen-bond donors (Lipinski definition) is 2. The molecule has 1 saturated carbocycles. The van der Waals surface area contributed by atoms with Gasteiger partial charge in [0.1, 0.15) is 11.5 Å². The minimum absolute atomic E-state index is 0. The summed E-state index contributed by atoms with van der Waals surface area (Å²) in [6.45, 7) is 0.207. The van der Waals surface area contributed by atoms with E-state index in [1.54, 1.807) is 12.1 Å². The molecule has 3 rings (SSSR count). The molecule has 2 N–H and O–H groups in total. The Labute approximate surface area is 175 Å². The van der Waals surface area contributed by atoms with Crippen molar-refractivity contribution in [2.75, 3.05) is 11.9 Å². The van der Waals surface area contributed by atoms with Gasteiger partial charge >= 0.3 is 5.69 Å². The molecule has 0 aliphatic heterocycles. The van der Waals surface area contributed by atoms with Crippen LogP contribution in [0.2, 0.25) is 0 Å². The average molecular weight is 420 g/mol. The van der Waals surface area contributed by atoms with E-state index < -0.39 is 11.2 Å². The summed E-state index contributed by atoms with van der Waals surface area (Å²) in [4.78, 5) is 29.9. The third-order valence-electron chi connectivity index (χ3n) is 5.17. The Kier molecular flexibility index (Phi) is 7.40. The second-order valence-corrected chi connectivity index (χ2v) is 7.33. The standard InChI is InChI=1S/C21H27FN4O4.H2/c1-25-19(24-14-30-17-5-2-3-6-17)18(20(28)26(21(25)29)11-4-12-27)23-13-15-7-9-16(22)10-8-15;/h7-10,14,17,23,27H,2-6,11-13H2,1H3;1H/b24-14+;. The van der Waals surface area contributed by atoms with Gasteiger partial charge in [-0.1, -0.05) is 12.1 Å². The van der Waals surface area contributed by atoms with Crippen LogP contribution >= 0.6 is 0 Å². The van der Waals surface area contributed by atoms with Crippen molar-refractivity contribution >= 4 is 17.9 Å². The molecule has 1 aliphatic rings. The molecule has 0 saturated heterocycles. The average Bonchev–Trinajstić information content (AvgIpc) is 3.26. The summed E-state index contributed by atoms with van der Waals surface area (Å²) >= 11 is 0. The molecule has 0 spiro atoms. The summed E-state index contributed by atoms with van der Waals surface area (Å²) in [6.07, 6.45) is 5.83. The first kappa shape index (κ1) is 21.8. The van der Waals surface area contributed by atoms with Gasteiger partial charge in [0.05, 0.1) is 6.10 Å². The number of nitrogens with one attached hydrogen (secondary N) is 1. The van der Waals surface area contributed by atoms with Crippen LogP contribution in [0.25, 0.3) is 0 Å². The predicted octanol–water partition coefficient (Wildman–Crippen LogP) is 2.55. The highest BCUT2D eigenvalue weighted by Gasteiger charge is 2.18. The van der Waals surface area contributed by atoms with Gasteiger partial charge in [0, 0.05) is 28.2 Å². The van der Waals surface area contributed by atoms with Crippen LogP contribution in [0.1, 0.15) is 39.1 Å². The highest BCUT2D eigenvalue weighted by molar-refractivity contribution is 5.66. The number of halogens is 1. The molecular formula is C21H29FN4O4. The SMILES string of the molecule is Cn1c(/N=C/OC2CCCC2)c(NCc2ccc(F)cc2)c(=O)n(CCCO)c1=O.[HH]. The topological polar surface area (TPSA) is 97.8 Å². The lowest BCUT2D eigenvalue weighted by Crippen LogP contribution is -2.40. The fourth-order valence-electron chi connectivity index (χ4n) is 3.47. The Morgan fingerprint density at radius 3 is 2.67 bits per heavy atom. The van der Waals surface area contributed by atoms with Crippen LogP contribution in [0.3, 0.4) is 0 Å². The van der Waals surface area contributed by atoms with Crippen molar-refractivity contribution in [1.29, 1.82) is 0 Å². The predicted molar refractivity (Wildman–Crippen MR) is 115 cm³/mol. The summed E-state index contributed by atoms with van der Waals surface area (Å²) in [7, 11) is 1.53. The summed E-state index contributed by atoms with van der Waals surface area (Å²) in [5, 5.41) is 12.1. The van der Waals surface area contributed by atoms with E-state index >= 15 is 0 Å². The second-order valence-electron chi connectivity index (χ2n) is 7.33. The summed E-state index contributed by atoms with van der Waals surface area (Å²) in [5.41, 5.74) is -0.134. The van der Waals surface area contributed by atoms with Gasteiger partial charge in [-0.25, -0.2) is 14.2 Å². The quantitative estimate of drug-likeness (QED) is 0.480. The molecule has 1 aromatic carbocycles. The van der Waals surface area contributed by atoms with Crippen molar-refractivity contribution in [3.63, 3.8) is 0 Å². The van der Waals surface area contributed by atoms with Crippen molar-refractivity contribution in [1.82, 2.24) is 9.13 Å². The number of rotatable bonds is 9. The second kappa shape index (κ2) is 10.2. The number of aliphatic hydroxyl groups is 1. The highest BCUT2D eigenvalue weighted by atomic mass is 19.1. The number of benzene rings is 1. The molecule has 1 aliphatic carbocycles. The Morgan fingerprint density at radius 1 is 1.30 bits per heavy atom. The fraction of sp³-hybridized carbons (Fsp3) is 0.476. The van der Waals surface area contributed by atoms with Crippen LogP contribution in [-0.4, -0.2) is 33.4 Å². The normalized spacial score (nSPS) is 14.5. The third-order valence-corrected chi connectivity index (χ3v) is 5.17. The lowest BCUT2D eigenvalue weighted by atomic mass is 10.2. The Morgan fingerprint density at radius 2 is 2.00 bits per heavy atom. The molecule has 164 valence electrons. The van der Waals surface area contributed by atoms with E-state index in [9.17, 15) is 14.0 Å². The zero-order valence-electron chi connectivity index (χ0n) is 17.0. The van der Waals surface area contributed by atoms with Crippen molar-refractivity contribution in [3.05, 3.63) is 56.5 Å². The number of ether oxygens (including phenoxy) is 1. The number of aliphatic hydroxyl groups excluding tert-OH is 1. The largest absolute Gasteiger partial charge is 0.480 e. The summed E-state index contributed by atoms with van der Waals surface area (Å²) in [6, 6.07) is 5.90. The maximum atomic E-state index is 13.1. The van der Waals surface area contributed by atoms with Gasteiger partial charge in [-0.2, -0.15) is 0 Å². The van der Waals surface area contributed by atoms with Gasteiger partial charge < -0.3 is 15.2 Å². The van der Waals surface area contributed by atoms with Crippen molar-refractivity contribution < 1.29 is 15.7 Å². The maximum Gasteiger partial charge on any atom is 0.332 e. The molecule has 8 nitrogen and oxygen atoms in total. The van der Waals surface area contributed by atoms with Crippen molar-refractivity contribution in [3.8, 4) is 0 Å². The van der Waals surface area contributed by atoms with Gasteiger partial charge in [-0.15, -0.1) is 0 Å². The number of aromatic nitrogens is 2. The van der Waals surface area contributed by atoms with E-state index in [1.807, 2.05) is 0 Å². The van der Waals surface area contributed by atoms with Crippen LogP contribution in [0.5, 0.6) is 0 Å². The smallest absolute Gasteiger partial charge is 0.332 e. The van der Waals surface area contributed by atoms with Gasteiger partial charge in [-0.05, 0) is 49.8 Å². The molecule has 0 radical (unpaired) electrons. The Balaban J connectivity index is 0.00000341. The monoisotopic (exact) mass is 420 g/mol. The van der Waals surface area contributed by atoms with Gasteiger partial charge in [0.25, 0.3) is 5.56 Å². The van der Waals surface area contributed by atoms with Gasteiger partial charge in [0.2, 0.25) is 0 Å². The van der Waals surface area contributed by atoms with E-state index in [-0.39, 0.29) is 51.0 Å². The zero-order valence-corrected chi connectivity index (χ0v) is 17.0. The van der Waals surface area contributed by atoms with E-state index in [2.05, 4.69) is 10.3 Å². The molecule has 1 heterocycles. The lowest BCUT2D eigenvalue weighted by molar-refractivity contribution is 0.208. The van der Waals surface area contributed by atoms with E-state index in [0.29, 0.717) is 0 Å². The first-order valence-electron chi connectivity index (χ1n) is 10.1. The Hall–Kier alpha value is -2.94.